The third-order valence-corrected chi connectivity index (χ3v) is 2.11. The first-order valence-corrected chi connectivity index (χ1v) is 4.45. The lowest BCUT2D eigenvalue weighted by Gasteiger charge is -2.07. The minimum atomic E-state index is -0.494. The van der Waals surface area contributed by atoms with E-state index in [1.807, 2.05) is 6.92 Å². The van der Waals surface area contributed by atoms with Crippen LogP contribution >= 0.6 is 0 Å². The molecule has 2 N–H and O–H groups in total. The average molecular weight is 202 g/mol. The van der Waals surface area contributed by atoms with E-state index >= 15 is 0 Å². The lowest BCUT2D eigenvalue weighted by Crippen LogP contribution is -2.17. The van der Waals surface area contributed by atoms with Crippen molar-refractivity contribution < 1.29 is 4.79 Å². The van der Waals surface area contributed by atoms with Crippen molar-refractivity contribution in [1.82, 2.24) is 14.8 Å². The summed E-state index contributed by atoms with van der Waals surface area (Å²) in [5, 5.41) is 4.02. The molecule has 2 aromatic rings. The molecule has 2 heterocycles. The first-order valence-electron chi connectivity index (χ1n) is 4.45. The maximum atomic E-state index is 11.3. The maximum Gasteiger partial charge on any atom is 0.252 e. The molecular weight excluding hydrogens is 192 g/mol. The summed E-state index contributed by atoms with van der Waals surface area (Å²) in [5.41, 5.74) is 6.50. The molecule has 0 fully saturated rings. The van der Waals surface area contributed by atoms with E-state index < -0.39 is 5.91 Å². The molecule has 0 aliphatic carbocycles. The zero-order valence-corrected chi connectivity index (χ0v) is 8.21. The number of pyridine rings is 1. The summed E-state index contributed by atoms with van der Waals surface area (Å²) in [5.74, 6) is -0.0291. The summed E-state index contributed by atoms with van der Waals surface area (Å²) in [7, 11) is 0. The van der Waals surface area contributed by atoms with E-state index in [-0.39, 0.29) is 0 Å². The summed E-state index contributed by atoms with van der Waals surface area (Å²) in [4.78, 5) is 15.4. The molecule has 0 bridgehead atoms. The highest BCUT2D eigenvalue weighted by molar-refractivity contribution is 5.97. The van der Waals surface area contributed by atoms with Gasteiger partial charge in [0.25, 0.3) is 5.91 Å². The molecule has 0 radical (unpaired) electrons. The molecular formula is C10H10N4O. The van der Waals surface area contributed by atoms with Crippen LogP contribution in [0.4, 0.5) is 0 Å². The maximum absolute atomic E-state index is 11.3. The Labute approximate surface area is 86.5 Å². The van der Waals surface area contributed by atoms with Gasteiger partial charge in [-0.2, -0.15) is 5.10 Å². The van der Waals surface area contributed by atoms with Crippen LogP contribution in [0, 0.1) is 6.92 Å². The van der Waals surface area contributed by atoms with Gasteiger partial charge in [-0.1, -0.05) is 0 Å². The summed E-state index contributed by atoms with van der Waals surface area (Å²) >= 11 is 0. The van der Waals surface area contributed by atoms with Crippen LogP contribution < -0.4 is 5.73 Å². The van der Waals surface area contributed by atoms with E-state index in [2.05, 4.69) is 10.1 Å². The summed E-state index contributed by atoms with van der Waals surface area (Å²) in [6.45, 7) is 1.81. The van der Waals surface area contributed by atoms with Crippen LogP contribution in [0.25, 0.3) is 5.82 Å². The van der Waals surface area contributed by atoms with Gasteiger partial charge in [0, 0.05) is 18.6 Å². The Morgan fingerprint density at radius 1 is 1.47 bits per heavy atom. The first-order chi connectivity index (χ1) is 7.20. The van der Waals surface area contributed by atoms with Gasteiger partial charge in [-0.05, 0) is 24.6 Å². The van der Waals surface area contributed by atoms with E-state index in [4.69, 9.17) is 5.73 Å². The van der Waals surface area contributed by atoms with Crippen molar-refractivity contribution in [1.29, 1.82) is 0 Å². The van der Waals surface area contributed by atoms with Crippen molar-refractivity contribution in [3.05, 3.63) is 41.9 Å². The molecule has 0 aliphatic heterocycles. The number of nitrogens with zero attached hydrogens (tertiary/aromatic N) is 3. The third kappa shape index (κ3) is 1.59. The fourth-order valence-corrected chi connectivity index (χ4v) is 1.42. The number of aryl methyl sites for hydroxylation is 1. The monoisotopic (exact) mass is 202 g/mol. The Kier molecular flexibility index (Phi) is 2.21. The van der Waals surface area contributed by atoms with Crippen LogP contribution in [0.5, 0.6) is 0 Å². The van der Waals surface area contributed by atoms with Crippen LogP contribution in [0.1, 0.15) is 15.9 Å². The van der Waals surface area contributed by atoms with E-state index in [1.165, 1.54) is 4.68 Å². The second kappa shape index (κ2) is 3.53. The van der Waals surface area contributed by atoms with Crippen molar-refractivity contribution in [3.63, 3.8) is 0 Å². The lowest BCUT2D eigenvalue weighted by molar-refractivity contribution is 0.0999. The molecule has 0 unspecified atom stereocenters. The Bertz CT molecular complexity index is 490. The minimum absolute atomic E-state index is 0.404. The molecule has 0 saturated carbocycles. The molecule has 0 aliphatic rings. The fourth-order valence-electron chi connectivity index (χ4n) is 1.42. The second-order valence-corrected chi connectivity index (χ2v) is 3.14. The zero-order chi connectivity index (χ0) is 10.8. The average Bonchev–Trinajstić information content (AvgIpc) is 2.69. The van der Waals surface area contributed by atoms with Crippen LogP contribution in [0.3, 0.4) is 0 Å². The van der Waals surface area contributed by atoms with Crippen molar-refractivity contribution in [2.45, 2.75) is 6.92 Å². The summed E-state index contributed by atoms with van der Waals surface area (Å²) < 4.78 is 1.52. The molecule has 5 heteroatoms. The van der Waals surface area contributed by atoms with Crippen molar-refractivity contribution in [2.75, 3.05) is 0 Å². The highest BCUT2D eigenvalue weighted by atomic mass is 16.1. The number of primary amides is 1. The van der Waals surface area contributed by atoms with E-state index in [1.54, 1.807) is 30.7 Å². The highest BCUT2D eigenvalue weighted by Crippen LogP contribution is 2.14. The molecule has 76 valence electrons. The molecule has 2 rings (SSSR count). The minimum Gasteiger partial charge on any atom is -0.365 e. The topological polar surface area (TPSA) is 73.8 Å². The number of aromatic nitrogens is 3. The molecule has 1 amide bonds. The van der Waals surface area contributed by atoms with Crippen molar-refractivity contribution >= 4 is 5.91 Å². The molecule has 0 aromatic carbocycles. The van der Waals surface area contributed by atoms with Gasteiger partial charge in [0.2, 0.25) is 0 Å². The molecule has 5 nitrogen and oxygen atoms in total. The Morgan fingerprint density at radius 3 is 2.87 bits per heavy atom. The number of hydrogen-bond donors (Lipinski definition) is 1. The SMILES string of the molecule is Cc1ccnc(-n2cccn2)c1C(N)=O. The van der Waals surface area contributed by atoms with Gasteiger partial charge in [0.15, 0.2) is 5.82 Å². The van der Waals surface area contributed by atoms with Crippen LogP contribution in [0.2, 0.25) is 0 Å². The number of carbonyl (C=O) groups excluding carboxylic acids is 1. The Morgan fingerprint density at radius 2 is 2.27 bits per heavy atom. The summed E-state index contributed by atoms with van der Waals surface area (Å²) in [6, 6.07) is 3.50. The summed E-state index contributed by atoms with van der Waals surface area (Å²) in [6.07, 6.45) is 4.96. The highest BCUT2D eigenvalue weighted by Gasteiger charge is 2.13. The predicted octanol–water partition coefficient (Wildman–Crippen LogP) is 0.675. The quantitative estimate of drug-likeness (QED) is 0.778. The largest absolute Gasteiger partial charge is 0.365 e. The molecule has 15 heavy (non-hydrogen) atoms. The lowest BCUT2D eigenvalue weighted by atomic mass is 10.1. The normalized spacial score (nSPS) is 10.2. The van der Waals surface area contributed by atoms with Crippen LogP contribution in [-0.4, -0.2) is 20.7 Å². The zero-order valence-electron chi connectivity index (χ0n) is 8.21. The van der Waals surface area contributed by atoms with E-state index in [9.17, 15) is 4.79 Å². The molecule has 0 spiro atoms. The first kappa shape index (κ1) is 9.39. The smallest absolute Gasteiger partial charge is 0.252 e. The van der Waals surface area contributed by atoms with Gasteiger partial charge in [-0.25, -0.2) is 9.67 Å². The van der Waals surface area contributed by atoms with Gasteiger partial charge < -0.3 is 5.73 Å². The number of carbonyl (C=O) groups is 1. The van der Waals surface area contributed by atoms with Crippen molar-refractivity contribution in [2.24, 2.45) is 5.73 Å². The Balaban J connectivity index is 2.66. The Hall–Kier alpha value is -2.17. The molecule has 2 aromatic heterocycles. The number of amides is 1. The van der Waals surface area contributed by atoms with Gasteiger partial charge in [-0.3, -0.25) is 4.79 Å². The number of rotatable bonds is 2. The van der Waals surface area contributed by atoms with Gasteiger partial charge in [0.05, 0.1) is 5.56 Å². The third-order valence-electron chi connectivity index (χ3n) is 2.11. The van der Waals surface area contributed by atoms with Crippen molar-refractivity contribution in [3.8, 4) is 5.82 Å². The fraction of sp³-hybridized carbons (Fsp3) is 0.100. The molecule has 0 saturated heterocycles. The number of hydrogen-bond acceptors (Lipinski definition) is 3. The van der Waals surface area contributed by atoms with Gasteiger partial charge >= 0.3 is 0 Å². The second-order valence-electron chi connectivity index (χ2n) is 3.14. The predicted molar refractivity (Wildman–Crippen MR) is 54.6 cm³/mol. The molecule has 0 atom stereocenters. The standard InChI is InChI=1S/C10H10N4O/c1-7-3-5-12-10(8(7)9(11)15)14-6-2-4-13-14/h2-6H,1H3,(H2,11,15). The van der Waals surface area contributed by atoms with E-state index in [0.29, 0.717) is 11.4 Å². The van der Waals surface area contributed by atoms with Gasteiger partial charge in [-0.15, -0.1) is 0 Å². The number of nitrogens with two attached hydrogens (primary N) is 1. The van der Waals surface area contributed by atoms with Crippen LogP contribution in [-0.2, 0) is 0 Å². The van der Waals surface area contributed by atoms with Crippen LogP contribution in [0.15, 0.2) is 30.7 Å². The van der Waals surface area contributed by atoms with Gasteiger partial charge in [0.1, 0.15) is 0 Å². The van der Waals surface area contributed by atoms with E-state index in [0.717, 1.165) is 5.56 Å².